The molecule has 1 amide bonds. The van der Waals surface area contributed by atoms with E-state index in [1.807, 2.05) is 4.90 Å². The summed E-state index contributed by atoms with van der Waals surface area (Å²) in [5, 5.41) is 41.1. The summed E-state index contributed by atoms with van der Waals surface area (Å²) in [6.07, 6.45) is 5.30. The highest BCUT2D eigenvalue weighted by molar-refractivity contribution is 5.76. The lowest BCUT2D eigenvalue weighted by Gasteiger charge is -2.29. The summed E-state index contributed by atoms with van der Waals surface area (Å²) in [6, 6.07) is -0.971. The van der Waals surface area contributed by atoms with Crippen molar-refractivity contribution in [2.45, 2.75) is 75.7 Å². The fraction of sp³-hybridized carbons (Fsp3) is 0.941. The zero-order valence-electron chi connectivity index (χ0n) is 14.7. The van der Waals surface area contributed by atoms with Crippen LogP contribution < -0.4 is 5.32 Å². The molecule has 1 aliphatic heterocycles. The minimum absolute atomic E-state index is 0.117. The quantitative estimate of drug-likeness (QED) is 0.308. The lowest BCUT2D eigenvalue weighted by molar-refractivity contribution is -0.122. The standard InChI is InChI=1S/C17H34N2O5/c1-18-15(22)11-13-16(23)17(24)14(12-21)19(13)9-7-5-3-2-4-6-8-10-20/h13-14,16-17,20-21,23-24H,2-12H2,1H3,(H,18,22)/t13-,14-,16+,17-/m1/s1. The molecule has 7 heteroatoms. The SMILES string of the molecule is CNC(=O)C[C@@H]1[C@H](O)[C@H](O)[C@@H](CO)N1CCCCCCCCCO. The van der Waals surface area contributed by atoms with Gasteiger partial charge >= 0.3 is 0 Å². The molecule has 5 N–H and O–H groups in total. The Labute approximate surface area is 144 Å². The van der Waals surface area contributed by atoms with Gasteiger partial charge in [0.15, 0.2) is 0 Å². The summed E-state index contributed by atoms with van der Waals surface area (Å²) >= 11 is 0. The van der Waals surface area contributed by atoms with Crippen molar-refractivity contribution in [2.75, 3.05) is 26.8 Å². The van der Waals surface area contributed by atoms with Gasteiger partial charge < -0.3 is 25.7 Å². The van der Waals surface area contributed by atoms with Gasteiger partial charge in [0.05, 0.1) is 24.9 Å². The molecule has 1 heterocycles. The van der Waals surface area contributed by atoms with E-state index in [0.717, 1.165) is 44.9 Å². The minimum Gasteiger partial charge on any atom is -0.396 e. The number of rotatable bonds is 12. The largest absolute Gasteiger partial charge is 0.396 e. The maximum absolute atomic E-state index is 11.7. The first kappa shape index (κ1) is 21.3. The van der Waals surface area contributed by atoms with Crippen molar-refractivity contribution in [1.29, 1.82) is 0 Å². The molecule has 0 spiro atoms. The monoisotopic (exact) mass is 346 g/mol. The van der Waals surface area contributed by atoms with E-state index in [1.54, 1.807) is 7.05 Å². The Morgan fingerprint density at radius 1 is 0.917 bits per heavy atom. The first-order valence-electron chi connectivity index (χ1n) is 9.11. The summed E-state index contributed by atoms with van der Waals surface area (Å²) in [5.41, 5.74) is 0. The normalized spacial score (nSPS) is 27.5. The summed E-state index contributed by atoms with van der Waals surface area (Å²) in [6.45, 7) is 0.677. The van der Waals surface area contributed by atoms with Gasteiger partial charge in [-0.2, -0.15) is 0 Å². The Morgan fingerprint density at radius 3 is 2.00 bits per heavy atom. The average Bonchev–Trinajstić information content (AvgIpc) is 2.81. The van der Waals surface area contributed by atoms with Crippen molar-refractivity contribution in [2.24, 2.45) is 0 Å². The second kappa shape index (κ2) is 11.8. The molecular weight excluding hydrogens is 312 g/mol. The fourth-order valence-electron chi connectivity index (χ4n) is 3.46. The van der Waals surface area contributed by atoms with E-state index in [4.69, 9.17) is 5.11 Å². The number of nitrogens with zero attached hydrogens (tertiary/aromatic N) is 1. The van der Waals surface area contributed by atoms with E-state index in [-0.39, 0.29) is 25.5 Å². The molecule has 1 aliphatic rings. The average molecular weight is 346 g/mol. The molecule has 0 bridgehead atoms. The lowest BCUT2D eigenvalue weighted by atomic mass is 10.1. The van der Waals surface area contributed by atoms with Gasteiger partial charge in [-0.1, -0.05) is 32.1 Å². The topological polar surface area (TPSA) is 113 Å². The van der Waals surface area contributed by atoms with E-state index in [9.17, 15) is 20.1 Å². The molecule has 1 rings (SSSR count). The van der Waals surface area contributed by atoms with Gasteiger partial charge in [0.1, 0.15) is 0 Å². The molecule has 0 aromatic carbocycles. The van der Waals surface area contributed by atoms with E-state index in [0.29, 0.717) is 6.54 Å². The minimum atomic E-state index is -1.02. The van der Waals surface area contributed by atoms with Crippen molar-refractivity contribution < 1.29 is 25.2 Å². The number of hydrogen-bond acceptors (Lipinski definition) is 6. The van der Waals surface area contributed by atoms with E-state index >= 15 is 0 Å². The number of nitrogens with one attached hydrogen (secondary N) is 1. The van der Waals surface area contributed by atoms with E-state index in [1.165, 1.54) is 0 Å². The number of unbranched alkanes of at least 4 members (excludes halogenated alkanes) is 6. The predicted octanol–water partition coefficient (Wildman–Crippen LogP) is -0.388. The maximum atomic E-state index is 11.7. The van der Waals surface area contributed by atoms with Crippen molar-refractivity contribution in [3.8, 4) is 0 Å². The Morgan fingerprint density at radius 2 is 1.46 bits per heavy atom. The Kier molecular flexibility index (Phi) is 10.4. The van der Waals surface area contributed by atoms with Crippen molar-refractivity contribution in [1.82, 2.24) is 10.2 Å². The van der Waals surface area contributed by atoms with Gasteiger partial charge in [-0.05, 0) is 19.4 Å². The highest BCUT2D eigenvalue weighted by Gasteiger charge is 2.47. The molecule has 0 radical (unpaired) electrons. The Hall–Kier alpha value is -0.730. The van der Waals surface area contributed by atoms with Crippen LogP contribution in [0.25, 0.3) is 0 Å². The van der Waals surface area contributed by atoms with Crippen LogP contribution in [0.15, 0.2) is 0 Å². The van der Waals surface area contributed by atoms with Crippen molar-refractivity contribution in [3.05, 3.63) is 0 Å². The molecule has 0 aromatic rings. The van der Waals surface area contributed by atoms with Crippen LogP contribution >= 0.6 is 0 Å². The zero-order chi connectivity index (χ0) is 17.9. The summed E-state index contributed by atoms with van der Waals surface area (Å²) in [4.78, 5) is 13.5. The molecule has 7 nitrogen and oxygen atoms in total. The first-order chi connectivity index (χ1) is 11.6. The molecule has 0 unspecified atom stereocenters. The van der Waals surface area contributed by atoms with Crippen LogP contribution in [0.3, 0.4) is 0 Å². The third-order valence-corrected chi connectivity index (χ3v) is 4.93. The highest BCUT2D eigenvalue weighted by atomic mass is 16.3. The zero-order valence-corrected chi connectivity index (χ0v) is 14.7. The first-order valence-corrected chi connectivity index (χ1v) is 9.11. The second-order valence-electron chi connectivity index (χ2n) is 6.61. The van der Waals surface area contributed by atoms with Crippen molar-refractivity contribution in [3.63, 3.8) is 0 Å². The predicted molar refractivity (Wildman–Crippen MR) is 91.5 cm³/mol. The van der Waals surface area contributed by atoms with Crippen LogP contribution in [0.5, 0.6) is 0 Å². The van der Waals surface area contributed by atoms with Gasteiger partial charge in [0.2, 0.25) is 5.91 Å². The molecule has 4 atom stereocenters. The van der Waals surface area contributed by atoms with Crippen LogP contribution in [0.2, 0.25) is 0 Å². The van der Waals surface area contributed by atoms with Gasteiger partial charge in [-0.25, -0.2) is 0 Å². The smallest absolute Gasteiger partial charge is 0.221 e. The van der Waals surface area contributed by atoms with Gasteiger partial charge in [-0.3, -0.25) is 9.69 Å². The molecule has 0 aromatic heterocycles. The summed E-state index contributed by atoms with van der Waals surface area (Å²) < 4.78 is 0. The van der Waals surface area contributed by atoms with Crippen LogP contribution in [-0.2, 0) is 4.79 Å². The van der Waals surface area contributed by atoms with Crippen LogP contribution in [0.4, 0.5) is 0 Å². The van der Waals surface area contributed by atoms with Crippen LogP contribution in [0.1, 0.15) is 51.4 Å². The molecular formula is C17H34N2O5. The molecule has 24 heavy (non-hydrogen) atoms. The number of amides is 1. The number of likely N-dealkylation sites (tertiary alicyclic amines) is 1. The third kappa shape index (κ3) is 6.29. The molecule has 0 aliphatic carbocycles. The van der Waals surface area contributed by atoms with Gasteiger partial charge in [0, 0.05) is 26.1 Å². The fourth-order valence-corrected chi connectivity index (χ4v) is 3.46. The number of aliphatic hydroxyl groups excluding tert-OH is 4. The van der Waals surface area contributed by atoms with Crippen LogP contribution in [0, 0.1) is 0 Å². The maximum Gasteiger partial charge on any atom is 0.221 e. The van der Waals surface area contributed by atoms with E-state index in [2.05, 4.69) is 5.32 Å². The van der Waals surface area contributed by atoms with Crippen molar-refractivity contribution >= 4 is 5.91 Å². The molecule has 0 saturated carbocycles. The molecule has 1 fully saturated rings. The number of hydrogen-bond donors (Lipinski definition) is 5. The lowest BCUT2D eigenvalue weighted by Crippen LogP contribution is -2.43. The van der Waals surface area contributed by atoms with Crippen LogP contribution in [-0.4, -0.2) is 82.3 Å². The third-order valence-electron chi connectivity index (χ3n) is 4.93. The van der Waals surface area contributed by atoms with E-state index < -0.39 is 24.3 Å². The van der Waals surface area contributed by atoms with Gasteiger partial charge in [0.25, 0.3) is 0 Å². The number of carbonyl (C=O) groups excluding carboxylic acids is 1. The van der Waals surface area contributed by atoms with Gasteiger partial charge in [-0.15, -0.1) is 0 Å². The summed E-state index contributed by atoms with van der Waals surface area (Å²) in [7, 11) is 1.55. The second-order valence-corrected chi connectivity index (χ2v) is 6.61. The molecule has 1 saturated heterocycles. The number of aliphatic hydroxyl groups is 4. The number of carbonyl (C=O) groups is 1. The molecule has 142 valence electrons. The highest BCUT2D eigenvalue weighted by Crippen LogP contribution is 2.28. The Balaban J connectivity index is 2.41. The summed E-state index contributed by atoms with van der Waals surface area (Å²) in [5.74, 6) is -0.182. The Bertz CT molecular complexity index is 356.